The van der Waals surface area contributed by atoms with E-state index in [1.54, 1.807) is 11.3 Å². The van der Waals surface area contributed by atoms with E-state index < -0.39 is 0 Å². The van der Waals surface area contributed by atoms with Crippen molar-refractivity contribution in [2.75, 3.05) is 27.2 Å². The number of carbonyl (C=O) groups excluding carboxylic acids is 1. The number of nitrogens with one attached hydrogen (secondary N) is 1. The number of hydrogen-bond acceptors (Lipinski definition) is 4. The van der Waals surface area contributed by atoms with E-state index >= 15 is 0 Å². The van der Waals surface area contributed by atoms with E-state index in [0.717, 1.165) is 37.5 Å². The van der Waals surface area contributed by atoms with Crippen LogP contribution in [-0.2, 0) is 17.9 Å². The average molecular weight is 420 g/mol. The molecular formula is C22H30ClN3OS. The van der Waals surface area contributed by atoms with Crippen LogP contribution in [-0.4, -0.2) is 48.9 Å². The molecule has 0 spiro atoms. The van der Waals surface area contributed by atoms with Gasteiger partial charge < -0.3 is 10.2 Å². The summed E-state index contributed by atoms with van der Waals surface area (Å²) in [5, 5.41) is 8.00. The fraction of sp³-hybridized carbons (Fsp3) is 0.500. The molecule has 1 aromatic heterocycles. The third-order valence-corrected chi connectivity index (χ3v) is 6.71. The van der Waals surface area contributed by atoms with Crippen molar-refractivity contribution in [1.82, 2.24) is 15.1 Å². The molecule has 2 heterocycles. The number of piperidine rings is 1. The fourth-order valence-electron chi connectivity index (χ4n) is 4.07. The molecule has 2 atom stereocenters. The third kappa shape index (κ3) is 6.05. The molecule has 1 fully saturated rings. The zero-order valence-electron chi connectivity index (χ0n) is 16.7. The van der Waals surface area contributed by atoms with Crippen molar-refractivity contribution in [2.45, 2.75) is 38.4 Å². The Kier molecular flexibility index (Phi) is 7.91. The van der Waals surface area contributed by atoms with Gasteiger partial charge in [-0.1, -0.05) is 29.8 Å². The summed E-state index contributed by atoms with van der Waals surface area (Å²) in [5.41, 5.74) is 2.35. The number of hydrogen-bond donors (Lipinski definition) is 1. The molecular weight excluding hydrogens is 390 g/mol. The molecule has 0 aliphatic carbocycles. The number of halogens is 1. The van der Waals surface area contributed by atoms with Crippen molar-refractivity contribution in [2.24, 2.45) is 5.92 Å². The van der Waals surface area contributed by atoms with Crippen LogP contribution in [0.4, 0.5) is 0 Å². The van der Waals surface area contributed by atoms with Gasteiger partial charge in [0.15, 0.2) is 0 Å². The zero-order valence-corrected chi connectivity index (χ0v) is 18.3. The molecule has 1 aliphatic rings. The summed E-state index contributed by atoms with van der Waals surface area (Å²) >= 11 is 8.01. The van der Waals surface area contributed by atoms with Crippen molar-refractivity contribution in [3.8, 4) is 0 Å². The molecule has 1 saturated heterocycles. The highest BCUT2D eigenvalue weighted by atomic mass is 35.5. The molecule has 1 aliphatic heterocycles. The van der Waals surface area contributed by atoms with Crippen molar-refractivity contribution >= 4 is 28.8 Å². The van der Waals surface area contributed by atoms with E-state index in [9.17, 15) is 4.79 Å². The highest BCUT2D eigenvalue weighted by Gasteiger charge is 2.31. The van der Waals surface area contributed by atoms with Crippen LogP contribution in [0.2, 0.25) is 5.02 Å². The van der Waals surface area contributed by atoms with Crippen LogP contribution in [0.15, 0.2) is 41.1 Å². The molecule has 0 bridgehead atoms. The SMILES string of the molecule is CN(C)[C@@H]1CCN(Cc2ccccc2Cl)C[C@@H]1CCC(=O)NCc1ccsc1. The van der Waals surface area contributed by atoms with Crippen molar-refractivity contribution in [3.05, 3.63) is 57.2 Å². The maximum absolute atomic E-state index is 12.3. The minimum atomic E-state index is 0.145. The monoisotopic (exact) mass is 419 g/mol. The lowest BCUT2D eigenvalue weighted by atomic mass is 9.87. The second-order valence-corrected chi connectivity index (χ2v) is 9.04. The highest BCUT2D eigenvalue weighted by Crippen LogP contribution is 2.27. The number of likely N-dealkylation sites (tertiary alicyclic amines) is 1. The molecule has 4 nitrogen and oxygen atoms in total. The predicted octanol–water partition coefficient (Wildman–Crippen LogP) is 4.25. The van der Waals surface area contributed by atoms with Gasteiger partial charge in [-0.2, -0.15) is 11.3 Å². The Morgan fingerprint density at radius 3 is 2.86 bits per heavy atom. The Bertz CT molecular complexity index is 750. The van der Waals surface area contributed by atoms with Crippen molar-refractivity contribution in [1.29, 1.82) is 0 Å². The summed E-state index contributed by atoms with van der Waals surface area (Å²) < 4.78 is 0. The van der Waals surface area contributed by atoms with Gasteiger partial charge in [0.1, 0.15) is 0 Å². The van der Waals surface area contributed by atoms with Gasteiger partial charge in [0, 0.05) is 37.1 Å². The minimum Gasteiger partial charge on any atom is -0.352 e. The Labute approximate surface area is 177 Å². The topological polar surface area (TPSA) is 35.6 Å². The van der Waals surface area contributed by atoms with Crippen LogP contribution in [0.1, 0.15) is 30.4 Å². The van der Waals surface area contributed by atoms with Gasteiger partial charge in [0.25, 0.3) is 0 Å². The second-order valence-electron chi connectivity index (χ2n) is 7.85. The molecule has 1 N–H and O–H groups in total. The van der Waals surface area contributed by atoms with Gasteiger partial charge in [0.05, 0.1) is 0 Å². The lowest BCUT2D eigenvalue weighted by molar-refractivity contribution is -0.121. The summed E-state index contributed by atoms with van der Waals surface area (Å²) in [7, 11) is 4.30. The molecule has 0 unspecified atom stereocenters. The van der Waals surface area contributed by atoms with E-state index in [-0.39, 0.29) is 5.91 Å². The lowest BCUT2D eigenvalue weighted by Crippen LogP contribution is -2.48. The van der Waals surface area contributed by atoms with Gasteiger partial charge in [0.2, 0.25) is 5.91 Å². The molecule has 152 valence electrons. The van der Waals surface area contributed by atoms with Gasteiger partial charge in [-0.15, -0.1) is 0 Å². The minimum absolute atomic E-state index is 0.145. The van der Waals surface area contributed by atoms with Gasteiger partial charge >= 0.3 is 0 Å². The molecule has 0 saturated carbocycles. The number of benzene rings is 1. The average Bonchev–Trinajstić information content (AvgIpc) is 3.20. The summed E-state index contributed by atoms with van der Waals surface area (Å²) in [4.78, 5) is 17.1. The number of rotatable bonds is 8. The number of carbonyl (C=O) groups is 1. The molecule has 1 amide bonds. The van der Waals surface area contributed by atoms with Crippen LogP contribution >= 0.6 is 22.9 Å². The molecule has 3 rings (SSSR count). The van der Waals surface area contributed by atoms with Crippen molar-refractivity contribution < 1.29 is 4.79 Å². The van der Waals surface area contributed by atoms with Crippen molar-refractivity contribution in [3.63, 3.8) is 0 Å². The summed E-state index contributed by atoms with van der Waals surface area (Å²) in [5.74, 6) is 0.630. The smallest absolute Gasteiger partial charge is 0.220 e. The number of thiophene rings is 1. The van der Waals surface area contributed by atoms with E-state index in [0.29, 0.717) is 24.9 Å². The zero-order chi connectivity index (χ0) is 19.9. The first-order valence-electron chi connectivity index (χ1n) is 9.93. The summed E-state index contributed by atoms with van der Waals surface area (Å²) in [6.07, 6.45) is 2.62. The molecule has 1 aromatic carbocycles. The Morgan fingerprint density at radius 1 is 1.32 bits per heavy atom. The van der Waals surface area contributed by atoms with E-state index in [4.69, 9.17) is 11.6 Å². The van der Waals surface area contributed by atoms with Crippen LogP contribution in [0.25, 0.3) is 0 Å². The molecule has 6 heteroatoms. The Balaban J connectivity index is 1.53. The van der Waals surface area contributed by atoms with Crippen LogP contribution in [0.5, 0.6) is 0 Å². The van der Waals surface area contributed by atoms with Gasteiger partial charge in [-0.3, -0.25) is 9.69 Å². The number of nitrogens with zero attached hydrogens (tertiary/aromatic N) is 2. The lowest BCUT2D eigenvalue weighted by Gasteiger charge is -2.41. The maximum atomic E-state index is 12.3. The summed E-state index contributed by atoms with van der Waals surface area (Å²) in [6.45, 7) is 3.57. The summed E-state index contributed by atoms with van der Waals surface area (Å²) in [6, 6.07) is 10.7. The predicted molar refractivity (Wildman–Crippen MR) is 118 cm³/mol. The fourth-order valence-corrected chi connectivity index (χ4v) is 4.93. The van der Waals surface area contributed by atoms with Crippen LogP contribution in [0.3, 0.4) is 0 Å². The first kappa shape index (κ1) is 21.3. The van der Waals surface area contributed by atoms with Crippen LogP contribution in [0, 0.1) is 5.92 Å². The Morgan fingerprint density at radius 2 is 2.14 bits per heavy atom. The maximum Gasteiger partial charge on any atom is 0.220 e. The quantitative estimate of drug-likeness (QED) is 0.694. The highest BCUT2D eigenvalue weighted by molar-refractivity contribution is 7.07. The largest absolute Gasteiger partial charge is 0.352 e. The van der Waals surface area contributed by atoms with Crippen LogP contribution < -0.4 is 5.32 Å². The third-order valence-electron chi connectivity index (χ3n) is 5.61. The molecule has 0 radical (unpaired) electrons. The first-order chi connectivity index (χ1) is 13.5. The molecule has 28 heavy (non-hydrogen) atoms. The number of amides is 1. The van der Waals surface area contributed by atoms with Gasteiger partial charge in [-0.25, -0.2) is 0 Å². The molecule has 2 aromatic rings. The second kappa shape index (κ2) is 10.4. The Hall–Kier alpha value is -1.40. The van der Waals surface area contributed by atoms with E-state index in [1.165, 1.54) is 11.1 Å². The van der Waals surface area contributed by atoms with E-state index in [1.807, 2.05) is 23.6 Å². The normalized spacial score (nSPS) is 20.4. The van der Waals surface area contributed by atoms with E-state index in [2.05, 4.69) is 46.7 Å². The van der Waals surface area contributed by atoms with Gasteiger partial charge in [-0.05, 0) is 73.4 Å². The first-order valence-corrected chi connectivity index (χ1v) is 11.2. The standard InChI is InChI=1S/C22H30ClN3OS/c1-25(2)21-9-11-26(14-18-5-3-4-6-20(18)23)15-19(21)7-8-22(27)24-13-17-10-12-28-16-17/h3-6,10,12,16,19,21H,7-9,11,13-15H2,1-2H3,(H,24,27)/t19-,21+/m0/s1.